The van der Waals surface area contributed by atoms with Crippen molar-refractivity contribution in [3.8, 4) is 6.07 Å². The van der Waals surface area contributed by atoms with E-state index in [1.165, 1.54) is 12.8 Å². The molecule has 19 heavy (non-hydrogen) atoms. The van der Waals surface area contributed by atoms with Crippen LogP contribution in [0.4, 0.5) is 5.82 Å². The minimum absolute atomic E-state index is 0.601. The van der Waals surface area contributed by atoms with Crippen LogP contribution in [0.2, 0.25) is 0 Å². The van der Waals surface area contributed by atoms with Crippen molar-refractivity contribution in [2.24, 2.45) is 0 Å². The van der Waals surface area contributed by atoms with Gasteiger partial charge in [-0.2, -0.15) is 5.26 Å². The number of anilines is 1. The van der Waals surface area contributed by atoms with Gasteiger partial charge in [0.1, 0.15) is 5.82 Å². The van der Waals surface area contributed by atoms with Crippen LogP contribution in [-0.4, -0.2) is 29.0 Å². The predicted molar refractivity (Wildman–Crippen MR) is 76.7 cm³/mol. The molecule has 0 aliphatic heterocycles. The van der Waals surface area contributed by atoms with E-state index in [2.05, 4.69) is 40.3 Å². The van der Waals surface area contributed by atoms with Crippen molar-refractivity contribution >= 4 is 5.82 Å². The first kappa shape index (κ1) is 13.8. The van der Waals surface area contributed by atoms with Gasteiger partial charge in [0.05, 0.1) is 11.8 Å². The first-order valence-corrected chi connectivity index (χ1v) is 7.14. The fourth-order valence-corrected chi connectivity index (χ4v) is 2.15. The quantitative estimate of drug-likeness (QED) is 0.779. The molecule has 1 aromatic rings. The van der Waals surface area contributed by atoms with Crippen molar-refractivity contribution < 1.29 is 0 Å². The second kappa shape index (κ2) is 7.10. The molecule has 0 unspecified atom stereocenters. The highest BCUT2D eigenvalue weighted by atomic mass is 15.2. The number of nitriles is 1. The molecule has 1 aromatic heterocycles. The molecule has 1 N–H and O–H groups in total. The largest absolute Gasteiger partial charge is 0.370 e. The van der Waals surface area contributed by atoms with E-state index in [9.17, 15) is 0 Å². The molecule has 1 saturated carbocycles. The Morgan fingerprint density at radius 1 is 1.47 bits per heavy atom. The lowest BCUT2D eigenvalue weighted by atomic mass is 10.3. The molecule has 2 rings (SSSR count). The Kier molecular flexibility index (Phi) is 5.17. The monoisotopic (exact) mass is 258 g/mol. The van der Waals surface area contributed by atoms with Crippen LogP contribution in [-0.2, 0) is 6.54 Å². The van der Waals surface area contributed by atoms with Gasteiger partial charge in [-0.3, -0.25) is 4.90 Å². The predicted octanol–water partition coefficient (Wildman–Crippen LogP) is 2.78. The minimum Gasteiger partial charge on any atom is -0.370 e. The Morgan fingerprint density at radius 3 is 3.00 bits per heavy atom. The number of aromatic nitrogens is 1. The third-order valence-corrected chi connectivity index (χ3v) is 3.30. The molecule has 1 fully saturated rings. The highest BCUT2D eigenvalue weighted by Crippen LogP contribution is 2.28. The summed E-state index contributed by atoms with van der Waals surface area (Å²) in [4.78, 5) is 7.02. The van der Waals surface area contributed by atoms with Crippen molar-refractivity contribution in [3.63, 3.8) is 0 Å². The summed E-state index contributed by atoms with van der Waals surface area (Å²) in [5.74, 6) is 0.954. The van der Waals surface area contributed by atoms with Crippen LogP contribution in [0.1, 0.15) is 38.3 Å². The molecule has 1 heterocycles. The van der Waals surface area contributed by atoms with Crippen LogP contribution in [0, 0.1) is 11.3 Å². The highest BCUT2D eigenvalue weighted by molar-refractivity contribution is 5.35. The van der Waals surface area contributed by atoms with E-state index in [1.54, 1.807) is 0 Å². The number of hydrogen-bond acceptors (Lipinski definition) is 4. The summed E-state index contributed by atoms with van der Waals surface area (Å²) in [5, 5.41) is 12.0. The van der Waals surface area contributed by atoms with Gasteiger partial charge in [-0.15, -0.1) is 0 Å². The number of nitrogens with zero attached hydrogens (tertiary/aromatic N) is 3. The Hall–Kier alpha value is -1.60. The molecule has 1 aliphatic carbocycles. The summed E-state index contributed by atoms with van der Waals surface area (Å²) in [6.45, 7) is 4.81. The Labute approximate surface area is 115 Å². The fraction of sp³-hybridized carbons (Fsp3) is 0.600. The van der Waals surface area contributed by atoms with Gasteiger partial charge in [-0.25, -0.2) is 4.98 Å². The summed E-state index contributed by atoms with van der Waals surface area (Å²) in [6, 6.07) is 9.03. The normalized spacial score (nSPS) is 14.4. The molecule has 0 atom stereocenters. The molecule has 1 aliphatic rings. The van der Waals surface area contributed by atoms with Gasteiger partial charge in [0.2, 0.25) is 0 Å². The van der Waals surface area contributed by atoms with Gasteiger partial charge in [0.15, 0.2) is 0 Å². The van der Waals surface area contributed by atoms with Crippen LogP contribution >= 0.6 is 0 Å². The van der Waals surface area contributed by atoms with Crippen LogP contribution in [0.3, 0.4) is 0 Å². The SMILES string of the molecule is CCCNc1cccc(CN(CCC#N)C2CC2)n1. The van der Waals surface area contributed by atoms with E-state index >= 15 is 0 Å². The van der Waals surface area contributed by atoms with Gasteiger partial charge in [-0.05, 0) is 31.4 Å². The summed E-state index contributed by atoms with van der Waals surface area (Å²) in [5.41, 5.74) is 1.09. The molecule has 0 radical (unpaired) electrons. The number of nitrogens with one attached hydrogen (secondary N) is 1. The highest BCUT2D eigenvalue weighted by Gasteiger charge is 2.28. The summed E-state index contributed by atoms with van der Waals surface area (Å²) in [7, 11) is 0. The molecule has 0 aromatic carbocycles. The maximum absolute atomic E-state index is 8.72. The number of hydrogen-bond donors (Lipinski definition) is 1. The van der Waals surface area contributed by atoms with E-state index < -0.39 is 0 Å². The van der Waals surface area contributed by atoms with Gasteiger partial charge in [0, 0.05) is 32.1 Å². The van der Waals surface area contributed by atoms with E-state index in [0.29, 0.717) is 12.5 Å². The lowest BCUT2D eigenvalue weighted by Crippen LogP contribution is -2.27. The van der Waals surface area contributed by atoms with Crippen molar-refractivity contribution in [2.45, 2.75) is 45.2 Å². The molecule has 0 bridgehead atoms. The second-order valence-electron chi connectivity index (χ2n) is 5.05. The van der Waals surface area contributed by atoms with E-state index in [4.69, 9.17) is 5.26 Å². The van der Waals surface area contributed by atoms with E-state index in [0.717, 1.165) is 37.6 Å². The van der Waals surface area contributed by atoms with Crippen molar-refractivity contribution in [1.82, 2.24) is 9.88 Å². The first-order chi connectivity index (χ1) is 9.33. The standard InChI is InChI=1S/C15H22N4/c1-2-10-17-15-6-3-5-13(18-15)12-19(11-4-9-16)14-7-8-14/h3,5-6,14H,2,4,7-8,10-12H2,1H3,(H,17,18). The Balaban J connectivity index is 1.94. The van der Waals surface area contributed by atoms with Crippen molar-refractivity contribution in [2.75, 3.05) is 18.4 Å². The maximum Gasteiger partial charge on any atom is 0.126 e. The summed E-state index contributed by atoms with van der Waals surface area (Å²) in [6.07, 6.45) is 4.23. The van der Waals surface area contributed by atoms with Crippen LogP contribution in [0.15, 0.2) is 18.2 Å². The third kappa shape index (κ3) is 4.53. The van der Waals surface area contributed by atoms with Crippen LogP contribution in [0.25, 0.3) is 0 Å². The number of pyridine rings is 1. The summed E-state index contributed by atoms with van der Waals surface area (Å²) < 4.78 is 0. The Morgan fingerprint density at radius 2 is 2.32 bits per heavy atom. The zero-order valence-electron chi connectivity index (χ0n) is 11.6. The fourth-order valence-electron chi connectivity index (χ4n) is 2.15. The molecule has 0 saturated heterocycles. The number of rotatable bonds is 8. The summed E-state index contributed by atoms with van der Waals surface area (Å²) >= 11 is 0. The lowest BCUT2D eigenvalue weighted by molar-refractivity contribution is 0.258. The topological polar surface area (TPSA) is 52.0 Å². The van der Waals surface area contributed by atoms with Crippen LogP contribution in [0.5, 0.6) is 0 Å². The molecule has 0 spiro atoms. The van der Waals surface area contributed by atoms with Gasteiger partial charge >= 0.3 is 0 Å². The molecule has 102 valence electrons. The minimum atomic E-state index is 0.601. The molecular formula is C15H22N4. The second-order valence-corrected chi connectivity index (χ2v) is 5.05. The molecule has 0 amide bonds. The van der Waals surface area contributed by atoms with Crippen molar-refractivity contribution in [3.05, 3.63) is 23.9 Å². The first-order valence-electron chi connectivity index (χ1n) is 7.14. The molecule has 4 nitrogen and oxygen atoms in total. The van der Waals surface area contributed by atoms with E-state index in [1.807, 2.05) is 6.07 Å². The van der Waals surface area contributed by atoms with E-state index in [-0.39, 0.29) is 0 Å². The van der Waals surface area contributed by atoms with Crippen LogP contribution < -0.4 is 5.32 Å². The smallest absolute Gasteiger partial charge is 0.126 e. The molecular weight excluding hydrogens is 236 g/mol. The van der Waals surface area contributed by atoms with Gasteiger partial charge in [-0.1, -0.05) is 13.0 Å². The maximum atomic E-state index is 8.72. The van der Waals surface area contributed by atoms with Crippen molar-refractivity contribution in [1.29, 1.82) is 5.26 Å². The zero-order chi connectivity index (χ0) is 13.5. The third-order valence-electron chi connectivity index (χ3n) is 3.30. The lowest BCUT2D eigenvalue weighted by Gasteiger charge is -2.20. The van der Waals surface area contributed by atoms with Gasteiger partial charge in [0.25, 0.3) is 0 Å². The molecule has 4 heteroatoms. The Bertz CT molecular complexity index is 434. The average Bonchev–Trinajstić information content (AvgIpc) is 3.26. The average molecular weight is 258 g/mol. The van der Waals surface area contributed by atoms with Gasteiger partial charge < -0.3 is 5.32 Å². The zero-order valence-corrected chi connectivity index (χ0v) is 11.6.